The first-order chi connectivity index (χ1) is 6.81. The van der Waals surface area contributed by atoms with E-state index in [9.17, 15) is 0 Å². The smallest absolute Gasteiger partial charge is 0.142 e. The number of rotatable bonds is 3. The largest absolute Gasteiger partial charge is 0.330 e. The van der Waals surface area contributed by atoms with Crippen molar-refractivity contribution >= 4 is 22.7 Å². The SMILES string of the molecule is CC(CN)c1csc(-c2cscn2)n1. The van der Waals surface area contributed by atoms with E-state index < -0.39 is 0 Å². The predicted octanol–water partition coefficient (Wildman–Crippen LogP) is 2.33. The highest BCUT2D eigenvalue weighted by atomic mass is 32.1. The summed E-state index contributed by atoms with van der Waals surface area (Å²) in [6, 6.07) is 0. The van der Waals surface area contributed by atoms with E-state index in [0.29, 0.717) is 12.5 Å². The lowest BCUT2D eigenvalue weighted by Gasteiger charge is -2.01. The average molecular weight is 225 g/mol. The van der Waals surface area contributed by atoms with Crippen LogP contribution in [0.1, 0.15) is 18.5 Å². The minimum atomic E-state index is 0.332. The first-order valence-electron chi connectivity index (χ1n) is 4.35. The highest BCUT2D eigenvalue weighted by Crippen LogP contribution is 2.26. The lowest BCUT2D eigenvalue weighted by atomic mass is 10.1. The zero-order chi connectivity index (χ0) is 9.97. The topological polar surface area (TPSA) is 51.8 Å². The van der Waals surface area contributed by atoms with E-state index in [1.165, 1.54) is 0 Å². The minimum absolute atomic E-state index is 0.332. The molecule has 14 heavy (non-hydrogen) atoms. The fourth-order valence-electron chi connectivity index (χ4n) is 1.07. The van der Waals surface area contributed by atoms with Gasteiger partial charge in [-0.1, -0.05) is 6.92 Å². The summed E-state index contributed by atoms with van der Waals surface area (Å²) in [6.07, 6.45) is 0. The molecular formula is C9H11N3S2. The summed E-state index contributed by atoms with van der Waals surface area (Å²) < 4.78 is 0. The van der Waals surface area contributed by atoms with Gasteiger partial charge in [0.05, 0.1) is 11.2 Å². The second-order valence-corrected chi connectivity index (χ2v) is 4.66. The van der Waals surface area contributed by atoms with Gasteiger partial charge in [0.2, 0.25) is 0 Å². The van der Waals surface area contributed by atoms with Crippen molar-refractivity contribution in [3.63, 3.8) is 0 Å². The van der Waals surface area contributed by atoms with Gasteiger partial charge in [-0.15, -0.1) is 22.7 Å². The Morgan fingerprint density at radius 2 is 2.36 bits per heavy atom. The number of thiazole rings is 2. The van der Waals surface area contributed by atoms with Gasteiger partial charge < -0.3 is 5.73 Å². The summed E-state index contributed by atoms with van der Waals surface area (Å²) in [5.74, 6) is 0.332. The molecule has 0 aliphatic rings. The van der Waals surface area contributed by atoms with Crippen LogP contribution in [-0.2, 0) is 0 Å². The summed E-state index contributed by atoms with van der Waals surface area (Å²) in [5.41, 5.74) is 9.44. The van der Waals surface area contributed by atoms with Crippen molar-refractivity contribution in [1.29, 1.82) is 0 Å². The maximum absolute atomic E-state index is 5.58. The summed E-state index contributed by atoms with van der Waals surface area (Å²) in [5, 5.41) is 5.06. The third kappa shape index (κ3) is 1.84. The van der Waals surface area contributed by atoms with Gasteiger partial charge in [0, 0.05) is 23.2 Å². The van der Waals surface area contributed by atoms with Crippen LogP contribution in [0.2, 0.25) is 0 Å². The Balaban J connectivity index is 2.26. The Hall–Kier alpha value is -0.780. The molecule has 2 heterocycles. The fourth-order valence-corrected chi connectivity index (χ4v) is 2.59. The quantitative estimate of drug-likeness (QED) is 0.872. The van der Waals surface area contributed by atoms with Crippen LogP contribution in [0.4, 0.5) is 0 Å². The number of aromatic nitrogens is 2. The van der Waals surface area contributed by atoms with Gasteiger partial charge in [0.25, 0.3) is 0 Å². The molecule has 0 bridgehead atoms. The molecular weight excluding hydrogens is 214 g/mol. The fraction of sp³-hybridized carbons (Fsp3) is 0.333. The van der Waals surface area contributed by atoms with E-state index in [0.717, 1.165) is 16.4 Å². The van der Waals surface area contributed by atoms with Crippen LogP contribution in [0.25, 0.3) is 10.7 Å². The molecule has 0 radical (unpaired) electrons. The lowest BCUT2D eigenvalue weighted by Crippen LogP contribution is -2.08. The molecule has 1 atom stereocenters. The third-order valence-electron chi connectivity index (χ3n) is 2.03. The third-order valence-corrected chi connectivity index (χ3v) is 3.50. The number of nitrogens with two attached hydrogens (primary N) is 1. The highest BCUT2D eigenvalue weighted by Gasteiger charge is 2.10. The van der Waals surface area contributed by atoms with Crippen molar-refractivity contribution in [1.82, 2.24) is 9.97 Å². The summed E-state index contributed by atoms with van der Waals surface area (Å²) in [6.45, 7) is 2.72. The van der Waals surface area contributed by atoms with Crippen molar-refractivity contribution in [3.05, 3.63) is 22.0 Å². The number of hydrogen-bond acceptors (Lipinski definition) is 5. The van der Waals surface area contributed by atoms with E-state index in [1.807, 2.05) is 10.9 Å². The minimum Gasteiger partial charge on any atom is -0.330 e. The molecule has 5 heteroatoms. The zero-order valence-electron chi connectivity index (χ0n) is 7.80. The summed E-state index contributed by atoms with van der Waals surface area (Å²) >= 11 is 3.22. The van der Waals surface area contributed by atoms with Gasteiger partial charge in [0.15, 0.2) is 0 Å². The van der Waals surface area contributed by atoms with E-state index in [-0.39, 0.29) is 0 Å². The van der Waals surface area contributed by atoms with Crippen molar-refractivity contribution in [2.45, 2.75) is 12.8 Å². The Kier molecular flexibility index (Phi) is 2.90. The molecule has 0 saturated heterocycles. The van der Waals surface area contributed by atoms with Crippen LogP contribution >= 0.6 is 22.7 Å². The zero-order valence-corrected chi connectivity index (χ0v) is 9.44. The van der Waals surface area contributed by atoms with Crippen LogP contribution in [0.3, 0.4) is 0 Å². The molecule has 1 unspecified atom stereocenters. The van der Waals surface area contributed by atoms with Crippen molar-refractivity contribution in [3.8, 4) is 10.7 Å². The Morgan fingerprint density at radius 1 is 1.50 bits per heavy atom. The summed E-state index contributed by atoms with van der Waals surface area (Å²) in [7, 11) is 0. The molecule has 0 fully saturated rings. The van der Waals surface area contributed by atoms with Crippen molar-refractivity contribution in [2.24, 2.45) is 5.73 Å². The molecule has 2 aromatic heterocycles. The molecule has 0 saturated carbocycles. The van der Waals surface area contributed by atoms with Gasteiger partial charge >= 0.3 is 0 Å². The molecule has 2 aromatic rings. The maximum atomic E-state index is 5.58. The average Bonchev–Trinajstić information content (AvgIpc) is 2.86. The van der Waals surface area contributed by atoms with E-state index in [1.54, 1.807) is 22.7 Å². The van der Waals surface area contributed by atoms with Gasteiger partial charge in [-0.3, -0.25) is 0 Å². The molecule has 3 nitrogen and oxygen atoms in total. The summed E-state index contributed by atoms with van der Waals surface area (Å²) in [4.78, 5) is 8.73. The molecule has 0 spiro atoms. The monoisotopic (exact) mass is 225 g/mol. The molecule has 0 aromatic carbocycles. The van der Waals surface area contributed by atoms with Crippen LogP contribution in [0.15, 0.2) is 16.3 Å². The normalized spacial score (nSPS) is 13.0. The second kappa shape index (κ2) is 4.16. The molecule has 0 aliphatic heterocycles. The van der Waals surface area contributed by atoms with Gasteiger partial charge in [-0.25, -0.2) is 9.97 Å². The van der Waals surface area contributed by atoms with Crippen LogP contribution in [0.5, 0.6) is 0 Å². The standard InChI is InChI=1S/C9H11N3S2/c1-6(2-10)7-4-14-9(12-7)8-3-13-5-11-8/h3-6H,2,10H2,1H3. The maximum Gasteiger partial charge on any atom is 0.142 e. The van der Waals surface area contributed by atoms with Crippen LogP contribution in [0, 0.1) is 0 Å². The molecule has 74 valence electrons. The molecule has 2 N–H and O–H groups in total. The first-order valence-corrected chi connectivity index (χ1v) is 6.17. The second-order valence-electron chi connectivity index (χ2n) is 3.09. The van der Waals surface area contributed by atoms with Gasteiger partial charge in [0.1, 0.15) is 10.7 Å². The Bertz CT molecular complexity index is 394. The van der Waals surface area contributed by atoms with Crippen LogP contribution < -0.4 is 5.73 Å². The van der Waals surface area contributed by atoms with E-state index in [2.05, 4.69) is 22.3 Å². The first kappa shape index (κ1) is 9.76. The van der Waals surface area contributed by atoms with E-state index in [4.69, 9.17) is 5.73 Å². The molecule has 2 rings (SSSR count). The van der Waals surface area contributed by atoms with Crippen molar-refractivity contribution < 1.29 is 0 Å². The predicted molar refractivity (Wildman–Crippen MR) is 60.7 cm³/mol. The molecule has 0 aliphatic carbocycles. The molecule has 0 amide bonds. The number of nitrogens with zero attached hydrogens (tertiary/aromatic N) is 2. The Morgan fingerprint density at radius 3 is 3.00 bits per heavy atom. The lowest BCUT2D eigenvalue weighted by molar-refractivity contribution is 0.752. The van der Waals surface area contributed by atoms with Crippen LogP contribution in [-0.4, -0.2) is 16.5 Å². The highest BCUT2D eigenvalue weighted by molar-refractivity contribution is 7.13. The van der Waals surface area contributed by atoms with Gasteiger partial charge in [-0.2, -0.15) is 0 Å². The Labute approximate surface area is 90.6 Å². The van der Waals surface area contributed by atoms with Crippen molar-refractivity contribution in [2.75, 3.05) is 6.54 Å². The van der Waals surface area contributed by atoms with Gasteiger partial charge in [-0.05, 0) is 0 Å². The number of hydrogen-bond donors (Lipinski definition) is 1. The van der Waals surface area contributed by atoms with E-state index >= 15 is 0 Å².